The Balaban J connectivity index is 1.96. The largest absolute Gasteiger partial charge is 0.481 e. The predicted molar refractivity (Wildman–Crippen MR) is 58.7 cm³/mol. The third kappa shape index (κ3) is 2.17. The van der Waals surface area contributed by atoms with Gasteiger partial charge in [-0.3, -0.25) is 9.69 Å². The van der Waals surface area contributed by atoms with Crippen molar-refractivity contribution < 1.29 is 9.90 Å². The zero-order chi connectivity index (χ0) is 11.3. The lowest BCUT2D eigenvalue weighted by Crippen LogP contribution is -2.57. The molecule has 0 aromatic rings. The Morgan fingerprint density at radius 3 is 2.27 bits per heavy atom. The van der Waals surface area contributed by atoms with E-state index < -0.39 is 5.97 Å². The van der Waals surface area contributed by atoms with Crippen LogP contribution < -0.4 is 0 Å². The summed E-state index contributed by atoms with van der Waals surface area (Å²) in [5.41, 5.74) is 0.677. The van der Waals surface area contributed by atoms with E-state index in [9.17, 15) is 4.79 Å². The number of hydrogen-bond donors (Lipinski definition) is 1. The van der Waals surface area contributed by atoms with Gasteiger partial charge in [0.15, 0.2) is 0 Å². The highest BCUT2D eigenvalue weighted by molar-refractivity contribution is 5.67. The highest BCUT2D eigenvalue weighted by Gasteiger charge is 2.55. The normalized spacial score (nSPS) is 26.1. The Labute approximate surface area is 91.5 Å². The molecule has 2 rings (SSSR count). The topological polar surface area (TPSA) is 40.5 Å². The van der Waals surface area contributed by atoms with E-state index in [4.69, 9.17) is 5.11 Å². The molecule has 15 heavy (non-hydrogen) atoms. The van der Waals surface area contributed by atoms with Gasteiger partial charge in [-0.05, 0) is 23.7 Å². The van der Waals surface area contributed by atoms with Gasteiger partial charge in [0.05, 0.1) is 6.42 Å². The van der Waals surface area contributed by atoms with Crippen molar-refractivity contribution in [3.8, 4) is 0 Å². The summed E-state index contributed by atoms with van der Waals surface area (Å²) in [6, 6.07) is 0.196. The summed E-state index contributed by atoms with van der Waals surface area (Å²) in [6.45, 7) is 8.67. The molecule has 1 saturated heterocycles. The number of carboxylic acids is 1. The van der Waals surface area contributed by atoms with Gasteiger partial charge in [-0.25, -0.2) is 0 Å². The second-order valence-electron chi connectivity index (χ2n) is 6.38. The van der Waals surface area contributed by atoms with Gasteiger partial charge in [0.1, 0.15) is 0 Å². The van der Waals surface area contributed by atoms with E-state index in [1.54, 1.807) is 0 Å². The first-order valence-corrected chi connectivity index (χ1v) is 5.78. The fraction of sp³-hybridized carbons (Fsp3) is 0.917. The van der Waals surface area contributed by atoms with Crippen molar-refractivity contribution in [3.63, 3.8) is 0 Å². The maximum absolute atomic E-state index is 10.9. The molecular formula is C12H21NO2. The van der Waals surface area contributed by atoms with Crippen molar-refractivity contribution in [2.24, 2.45) is 10.8 Å². The molecule has 2 aliphatic rings. The second kappa shape index (κ2) is 3.21. The van der Waals surface area contributed by atoms with Gasteiger partial charge in [-0.1, -0.05) is 20.8 Å². The Morgan fingerprint density at radius 1 is 1.40 bits per heavy atom. The van der Waals surface area contributed by atoms with Crippen molar-refractivity contribution in [1.82, 2.24) is 4.90 Å². The van der Waals surface area contributed by atoms with Crippen LogP contribution in [0.25, 0.3) is 0 Å². The van der Waals surface area contributed by atoms with E-state index in [1.807, 2.05) is 0 Å². The zero-order valence-electron chi connectivity index (χ0n) is 9.92. The molecule has 1 saturated carbocycles. The smallest absolute Gasteiger partial charge is 0.304 e. The minimum atomic E-state index is -0.674. The van der Waals surface area contributed by atoms with Crippen LogP contribution in [0.15, 0.2) is 0 Å². The summed E-state index contributed by atoms with van der Waals surface area (Å²) >= 11 is 0. The van der Waals surface area contributed by atoms with E-state index in [2.05, 4.69) is 25.7 Å². The number of likely N-dealkylation sites (tertiary alicyclic amines) is 1. The Morgan fingerprint density at radius 2 is 1.93 bits per heavy atom. The molecule has 1 spiro atoms. The van der Waals surface area contributed by atoms with Crippen LogP contribution in [0.3, 0.4) is 0 Å². The lowest BCUT2D eigenvalue weighted by Gasteiger charge is -2.49. The van der Waals surface area contributed by atoms with Crippen LogP contribution in [0.4, 0.5) is 0 Å². The third-order valence-corrected chi connectivity index (χ3v) is 3.84. The Hall–Kier alpha value is -0.570. The van der Waals surface area contributed by atoms with E-state index in [0.717, 1.165) is 13.1 Å². The maximum Gasteiger partial charge on any atom is 0.304 e. The molecule has 2 fully saturated rings. The number of nitrogens with zero attached hydrogens (tertiary/aromatic N) is 1. The quantitative estimate of drug-likeness (QED) is 0.776. The van der Waals surface area contributed by atoms with Gasteiger partial charge in [0.25, 0.3) is 0 Å². The molecule has 0 aromatic carbocycles. The van der Waals surface area contributed by atoms with Gasteiger partial charge in [0, 0.05) is 19.1 Å². The Bertz CT molecular complexity index is 268. The molecule has 3 heteroatoms. The molecular weight excluding hydrogens is 190 g/mol. The predicted octanol–water partition coefficient (Wildman–Crippen LogP) is 1.97. The number of aliphatic carboxylic acids is 1. The second-order valence-corrected chi connectivity index (χ2v) is 6.38. The highest BCUT2D eigenvalue weighted by atomic mass is 16.4. The van der Waals surface area contributed by atoms with Crippen LogP contribution in [-0.2, 0) is 4.79 Å². The first-order chi connectivity index (χ1) is 6.82. The van der Waals surface area contributed by atoms with E-state index in [1.165, 1.54) is 12.8 Å². The van der Waals surface area contributed by atoms with E-state index in [0.29, 0.717) is 5.41 Å². The first-order valence-electron chi connectivity index (χ1n) is 5.78. The molecule has 1 aliphatic heterocycles. The molecule has 0 bridgehead atoms. The summed E-state index contributed by atoms with van der Waals surface area (Å²) in [5.74, 6) is -0.674. The van der Waals surface area contributed by atoms with E-state index >= 15 is 0 Å². The van der Waals surface area contributed by atoms with Crippen LogP contribution in [0.2, 0.25) is 0 Å². The minimum Gasteiger partial charge on any atom is -0.481 e. The average Bonchev–Trinajstić information content (AvgIpc) is 2.73. The number of rotatable bonds is 3. The van der Waals surface area contributed by atoms with Crippen LogP contribution >= 0.6 is 0 Å². The van der Waals surface area contributed by atoms with E-state index in [-0.39, 0.29) is 17.9 Å². The van der Waals surface area contributed by atoms with Crippen molar-refractivity contribution in [3.05, 3.63) is 0 Å². The van der Waals surface area contributed by atoms with Gasteiger partial charge >= 0.3 is 5.97 Å². The molecule has 0 amide bonds. The van der Waals surface area contributed by atoms with Crippen molar-refractivity contribution in [2.75, 3.05) is 13.1 Å². The number of carboxylic acid groups (broad SMARTS) is 1. The van der Waals surface area contributed by atoms with Crippen molar-refractivity contribution in [1.29, 1.82) is 0 Å². The van der Waals surface area contributed by atoms with Gasteiger partial charge < -0.3 is 5.11 Å². The van der Waals surface area contributed by atoms with Crippen LogP contribution in [0.5, 0.6) is 0 Å². The van der Waals surface area contributed by atoms with Crippen molar-refractivity contribution >= 4 is 5.97 Å². The Kier molecular flexibility index (Phi) is 2.34. The molecule has 86 valence electrons. The third-order valence-electron chi connectivity index (χ3n) is 3.84. The molecule has 0 radical (unpaired) electrons. The first kappa shape index (κ1) is 10.9. The molecule has 1 unspecified atom stereocenters. The lowest BCUT2D eigenvalue weighted by atomic mass is 9.80. The zero-order valence-corrected chi connectivity index (χ0v) is 9.92. The highest BCUT2D eigenvalue weighted by Crippen LogP contribution is 2.54. The molecule has 1 atom stereocenters. The van der Waals surface area contributed by atoms with Crippen LogP contribution in [-0.4, -0.2) is 35.1 Å². The minimum absolute atomic E-state index is 0.0644. The molecule has 1 heterocycles. The summed E-state index contributed by atoms with van der Waals surface area (Å²) < 4.78 is 0. The van der Waals surface area contributed by atoms with Gasteiger partial charge in [-0.15, -0.1) is 0 Å². The monoisotopic (exact) mass is 211 g/mol. The molecule has 0 aromatic heterocycles. The maximum atomic E-state index is 10.9. The number of carbonyl (C=O) groups is 1. The summed E-state index contributed by atoms with van der Waals surface area (Å²) in [7, 11) is 0. The molecule has 3 nitrogen and oxygen atoms in total. The van der Waals surface area contributed by atoms with Crippen LogP contribution in [0.1, 0.15) is 40.0 Å². The fourth-order valence-corrected chi connectivity index (χ4v) is 2.68. The lowest BCUT2D eigenvalue weighted by molar-refractivity contribution is -0.141. The van der Waals surface area contributed by atoms with Crippen LogP contribution in [0, 0.1) is 10.8 Å². The van der Waals surface area contributed by atoms with Gasteiger partial charge in [-0.2, -0.15) is 0 Å². The fourth-order valence-electron chi connectivity index (χ4n) is 2.68. The average molecular weight is 211 g/mol. The number of hydrogen-bond acceptors (Lipinski definition) is 2. The molecule has 1 N–H and O–H groups in total. The SMILES string of the molecule is CC(C)(C)C(CC(=O)O)N1CC2(CC2)C1. The molecule has 1 aliphatic carbocycles. The standard InChI is InChI=1S/C12H21NO2/c1-11(2,3)9(6-10(14)15)13-7-12(8-13)4-5-12/h9H,4-8H2,1-3H3,(H,14,15). The summed E-state index contributed by atoms with van der Waals surface area (Å²) in [5, 5.41) is 8.93. The summed E-state index contributed by atoms with van der Waals surface area (Å²) in [6.07, 6.45) is 2.99. The van der Waals surface area contributed by atoms with Gasteiger partial charge in [0.2, 0.25) is 0 Å². The van der Waals surface area contributed by atoms with Crippen molar-refractivity contribution in [2.45, 2.75) is 46.1 Å². The summed E-state index contributed by atoms with van der Waals surface area (Å²) in [4.78, 5) is 13.2.